The fraction of sp³-hybridized carbons (Fsp3) is 0.235. The minimum absolute atomic E-state index is 0.238. The van der Waals surface area contributed by atoms with E-state index >= 15 is 0 Å². The van der Waals surface area contributed by atoms with E-state index in [0.717, 1.165) is 0 Å². The summed E-state index contributed by atoms with van der Waals surface area (Å²) >= 11 is 0. The molecule has 2 rings (SSSR count). The van der Waals surface area contributed by atoms with Gasteiger partial charge in [0.1, 0.15) is 5.82 Å². The van der Waals surface area contributed by atoms with E-state index in [1.807, 2.05) is 0 Å². The Morgan fingerprint density at radius 3 is 2.35 bits per heavy atom. The third kappa shape index (κ3) is 3.31. The Bertz CT molecular complexity index is 692. The number of aliphatic carboxylic acids is 1. The van der Waals surface area contributed by atoms with Crippen LogP contribution in [-0.2, 0) is 4.79 Å². The van der Waals surface area contributed by atoms with Crippen molar-refractivity contribution in [2.45, 2.75) is 18.9 Å². The maximum atomic E-state index is 13.5. The highest BCUT2D eigenvalue weighted by Gasteiger charge is 2.52. The maximum Gasteiger partial charge on any atom is 0.335 e. The van der Waals surface area contributed by atoms with Gasteiger partial charge < -0.3 is 10.0 Å². The van der Waals surface area contributed by atoms with Gasteiger partial charge in [-0.2, -0.15) is 0 Å². The van der Waals surface area contributed by atoms with Gasteiger partial charge in [0.15, 0.2) is 0 Å². The van der Waals surface area contributed by atoms with E-state index in [2.05, 4.69) is 13.2 Å². The molecule has 0 aromatic heterocycles. The number of benzene rings is 1. The van der Waals surface area contributed by atoms with Gasteiger partial charge in [0.2, 0.25) is 0 Å². The van der Waals surface area contributed by atoms with Gasteiger partial charge in [-0.3, -0.25) is 0 Å². The number of allylic oxidation sites excluding steroid dienone is 1. The summed E-state index contributed by atoms with van der Waals surface area (Å²) in [7, 11) is 0. The predicted octanol–water partition coefficient (Wildman–Crippen LogP) is 3.70. The minimum atomic E-state index is -2.85. The van der Waals surface area contributed by atoms with Crippen molar-refractivity contribution in [3.05, 3.63) is 66.2 Å². The largest absolute Gasteiger partial charge is 0.478 e. The van der Waals surface area contributed by atoms with E-state index in [1.54, 1.807) is 0 Å². The molecule has 0 radical (unpaired) electrons. The lowest BCUT2D eigenvalue weighted by Gasteiger charge is -2.49. The maximum absolute atomic E-state index is 13.5. The zero-order chi connectivity index (χ0) is 17.4. The summed E-state index contributed by atoms with van der Waals surface area (Å²) in [6.07, 6.45) is 1.21. The lowest BCUT2D eigenvalue weighted by molar-refractivity contribution is -0.159. The first-order valence-electron chi connectivity index (χ1n) is 6.87. The molecule has 1 aromatic carbocycles. The first-order valence-corrected chi connectivity index (χ1v) is 6.87. The van der Waals surface area contributed by atoms with Crippen LogP contribution in [0.25, 0.3) is 5.57 Å². The second kappa shape index (κ2) is 5.95. The molecule has 3 nitrogen and oxygen atoms in total. The summed E-state index contributed by atoms with van der Waals surface area (Å²) < 4.78 is 40.0. The van der Waals surface area contributed by atoms with Crippen molar-refractivity contribution >= 4 is 11.5 Å². The molecule has 1 fully saturated rings. The molecule has 1 saturated heterocycles. The number of halogens is 3. The second-order valence-electron chi connectivity index (χ2n) is 5.41. The SMILES string of the molecule is C=C(/C=C(\C(=C)c1ccc(F)cc1)N1CC(F)(F)[C@H]1C)C(=O)O. The predicted molar refractivity (Wildman–Crippen MR) is 81.4 cm³/mol. The third-order valence-corrected chi connectivity index (χ3v) is 3.86. The molecule has 0 spiro atoms. The van der Waals surface area contributed by atoms with Gasteiger partial charge in [-0.15, -0.1) is 0 Å². The van der Waals surface area contributed by atoms with Crippen LogP contribution >= 0.6 is 0 Å². The van der Waals surface area contributed by atoms with Crippen LogP contribution in [-0.4, -0.2) is 34.5 Å². The number of likely N-dealkylation sites (tertiary alicyclic amines) is 1. The number of hydrogen-bond acceptors (Lipinski definition) is 2. The number of carboxylic acid groups (broad SMARTS) is 1. The molecule has 23 heavy (non-hydrogen) atoms. The average molecular weight is 323 g/mol. The van der Waals surface area contributed by atoms with E-state index in [9.17, 15) is 18.0 Å². The highest BCUT2D eigenvalue weighted by Crippen LogP contribution is 2.41. The molecule has 1 aliphatic rings. The van der Waals surface area contributed by atoms with Gasteiger partial charge in [0.25, 0.3) is 5.92 Å². The molecule has 1 aliphatic heterocycles. The Morgan fingerprint density at radius 2 is 1.91 bits per heavy atom. The fourth-order valence-electron chi connectivity index (χ4n) is 2.27. The molecular formula is C17H16F3NO2. The van der Waals surface area contributed by atoms with E-state index in [-0.39, 0.29) is 11.3 Å². The van der Waals surface area contributed by atoms with E-state index in [4.69, 9.17) is 5.11 Å². The molecule has 122 valence electrons. The summed E-state index contributed by atoms with van der Waals surface area (Å²) in [4.78, 5) is 12.3. The first kappa shape index (κ1) is 16.9. The topological polar surface area (TPSA) is 40.5 Å². The van der Waals surface area contributed by atoms with Crippen molar-refractivity contribution in [3.8, 4) is 0 Å². The van der Waals surface area contributed by atoms with Crippen molar-refractivity contribution < 1.29 is 23.1 Å². The summed E-state index contributed by atoms with van der Waals surface area (Å²) in [5, 5.41) is 8.97. The molecule has 1 N–H and O–H groups in total. The summed E-state index contributed by atoms with van der Waals surface area (Å²) in [5.41, 5.74) is 0.834. The number of carboxylic acids is 1. The molecule has 0 amide bonds. The van der Waals surface area contributed by atoms with Gasteiger partial charge in [-0.1, -0.05) is 25.3 Å². The molecule has 1 atom stereocenters. The van der Waals surface area contributed by atoms with Crippen LogP contribution in [0.4, 0.5) is 13.2 Å². The minimum Gasteiger partial charge on any atom is -0.478 e. The Labute approximate surface area is 132 Å². The molecular weight excluding hydrogens is 307 g/mol. The van der Waals surface area contributed by atoms with Crippen LogP contribution in [0, 0.1) is 5.82 Å². The lowest BCUT2D eigenvalue weighted by atomic mass is 9.93. The smallest absolute Gasteiger partial charge is 0.335 e. The van der Waals surface area contributed by atoms with Crippen molar-refractivity contribution in [1.29, 1.82) is 0 Å². The average Bonchev–Trinajstić information content (AvgIpc) is 2.50. The zero-order valence-corrected chi connectivity index (χ0v) is 12.5. The van der Waals surface area contributed by atoms with Gasteiger partial charge >= 0.3 is 5.97 Å². The van der Waals surface area contributed by atoms with E-state index in [1.165, 1.54) is 42.2 Å². The van der Waals surface area contributed by atoms with Gasteiger partial charge in [0.05, 0.1) is 18.2 Å². The van der Waals surface area contributed by atoms with Gasteiger partial charge in [0, 0.05) is 5.70 Å². The zero-order valence-electron chi connectivity index (χ0n) is 12.5. The Kier molecular flexibility index (Phi) is 4.36. The van der Waals surface area contributed by atoms with Gasteiger partial charge in [-0.05, 0) is 36.3 Å². The Morgan fingerprint density at radius 1 is 1.35 bits per heavy atom. The first-order chi connectivity index (χ1) is 10.6. The monoisotopic (exact) mass is 323 g/mol. The van der Waals surface area contributed by atoms with Crippen LogP contribution in [0.15, 0.2) is 54.8 Å². The van der Waals surface area contributed by atoms with Crippen LogP contribution in [0.2, 0.25) is 0 Å². The third-order valence-electron chi connectivity index (χ3n) is 3.86. The fourth-order valence-corrected chi connectivity index (χ4v) is 2.27. The van der Waals surface area contributed by atoms with Crippen molar-refractivity contribution in [3.63, 3.8) is 0 Å². The number of nitrogens with zero attached hydrogens (tertiary/aromatic N) is 1. The summed E-state index contributed by atoms with van der Waals surface area (Å²) in [6.45, 7) is 8.05. The molecule has 0 bridgehead atoms. The molecule has 1 aromatic rings. The van der Waals surface area contributed by atoms with Crippen LogP contribution in [0.3, 0.4) is 0 Å². The molecule has 6 heteroatoms. The Hall–Kier alpha value is -2.50. The van der Waals surface area contributed by atoms with Crippen molar-refractivity contribution in [2.75, 3.05) is 6.54 Å². The van der Waals surface area contributed by atoms with Crippen molar-refractivity contribution in [2.24, 2.45) is 0 Å². The number of hydrogen-bond donors (Lipinski definition) is 1. The standard InChI is InChI=1S/C17H16F3NO2/c1-10(16(22)23)8-15(21-9-17(19,20)12(21)3)11(2)13-4-6-14(18)7-5-13/h4-8,12H,1-2,9H2,3H3,(H,22,23)/b15-8+/t12-/m1/s1. The van der Waals surface area contributed by atoms with E-state index < -0.39 is 30.3 Å². The normalized spacial score (nSPS) is 19.9. The summed E-state index contributed by atoms with van der Waals surface area (Å²) in [5.74, 6) is -4.55. The summed E-state index contributed by atoms with van der Waals surface area (Å²) in [6, 6.07) is 4.26. The number of rotatable bonds is 5. The van der Waals surface area contributed by atoms with Crippen LogP contribution in [0.5, 0.6) is 0 Å². The highest BCUT2D eigenvalue weighted by atomic mass is 19.3. The van der Waals surface area contributed by atoms with Crippen LogP contribution < -0.4 is 0 Å². The second-order valence-corrected chi connectivity index (χ2v) is 5.41. The van der Waals surface area contributed by atoms with Gasteiger partial charge in [-0.25, -0.2) is 18.0 Å². The van der Waals surface area contributed by atoms with Crippen LogP contribution in [0.1, 0.15) is 12.5 Å². The molecule has 0 aliphatic carbocycles. The molecule has 1 heterocycles. The molecule has 0 saturated carbocycles. The Balaban J connectivity index is 2.38. The van der Waals surface area contributed by atoms with Crippen molar-refractivity contribution in [1.82, 2.24) is 4.90 Å². The quantitative estimate of drug-likeness (QED) is 0.663. The molecule has 0 unspecified atom stereocenters. The van der Waals surface area contributed by atoms with E-state index in [0.29, 0.717) is 11.1 Å². The number of carbonyl (C=O) groups is 1. The lowest BCUT2D eigenvalue weighted by Crippen LogP contribution is -2.62. The number of alkyl halides is 2. The highest BCUT2D eigenvalue weighted by molar-refractivity contribution is 5.91.